The van der Waals surface area contributed by atoms with Gasteiger partial charge in [0.15, 0.2) is 0 Å². The zero-order chi connectivity index (χ0) is 15.0. The van der Waals surface area contributed by atoms with E-state index in [1.807, 2.05) is 12.1 Å². The molecule has 3 heteroatoms. The van der Waals surface area contributed by atoms with E-state index in [0.717, 1.165) is 18.4 Å². The zero-order valence-corrected chi connectivity index (χ0v) is 12.8. The Hall–Kier alpha value is -1.77. The lowest BCUT2D eigenvalue weighted by Gasteiger charge is -2.13. The van der Waals surface area contributed by atoms with Crippen molar-refractivity contribution in [2.24, 2.45) is 0 Å². The van der Waals surface area contributed by atoms with Crippen LogP contribution < -0.4 is 0 Å². The predicted octanol–water partition coefficient (Wildman–Crippen LogP) is 4.45. The summed E-state index contributed by atoms with van der Waals surface area (Å²) in [5.41, 5.74) is 3.59. The van der Waals surface area contributed by atoms with Crippen molar-refractivity contribution in [3.05, 3.63) is 47.5 Å². The third-order valence-electron chi connectivity index (χ3n) is 2.90. The monoisotopic (exact) mass is 276 g/mol. The molecule has 0 amide bonds. The largest absolute Gasteiger partial charge is 0.472 e. The minimum absolute atomic E-state index is 0.225. The number of furan rings is 1. The molecule has 0 N–H and O–H groups in total. The summed E-state index contributed by atoms with van der Waals surface area (Å²) in [4.78, 5) is 11.2. The van der Waals surface area contributed by atoms with Gasteiger partial charge in [-0.3, -0.25) is 4.79 Å². The maximum atomic E-state index is 11.2. The number of hydrogen-bond acceptors (Lipinski definition) is 3. The molecule has 1 heterocycles. The van der Waals surface area contributed by atoms with E-state index in [0.29, 0.717) is 6.42 Å². The Morgan fingerprint density at radius 1 is 1.35 bits per heavy atom. The average molecular weight is 276 g/mol. The Kier molecular flexibility index (Phi) is 6.85. The number of carbonyl (C=O) groups is 1. The third-order valence-corrected chi connectivity index (χ3v) is 2.90. The number of allylic oxidation sites excluding steroid dienone is 3. The fourth-order valence-electron chi connectivity index (χ4n) is 1.98. The van der Waals surface area contributed by atoms with E-state index in [4.69, 9.17) is 9.15 Å². The molecule has 1 aromatic rings. The van der Waals surface area contributed by atoms with Crippen LogP contribution in [0.2, 0.25) is 0 Å². The molecule has 1 rings (SSSR count). The minimum atomic E-state index is -0.258. The lowest BCUT2D eigenvalue weighted by Crippen LogP contribution is -2.17. The Morgan fingerprint density at radius 2 is 2.10 bits per heavy atom. The molecule has 0 saturated heterocycles. The van der Waals surface area contributed by atoms with Gasteiger partial charge in [-0.25, -0.2) is 0 Å². The molecule has 0 aliphatic heterocycles. The van der Waals surface area contributed by atoms with Crippen molar-refractivity contribution < 1.29 is 13.9 Å². The van der Waals surface area contributed by atoms with Gasteiger partial charge in [-0.05, 0) is 51.3 Å². The van der Waals surface area contributed by atoms with Crippen LogP contribution in [0.4, 0.5) is 0 Å². The van der Waals surface area contributed by atoms with Crippen molar-refractivity contribution in [1.82, 2.24) is 0 Å². The van der Waals surface area contributed by atoms with E-state index in [2.05, 4.69) is 26.8 Å². The summed E-state index contributed by atoms with van der Waals surface area (Å²) in [6, 6.07) is 1.89. The lowest BCUT2D eigenvalue weighted by atomic mass is 10.1. The van der Waals surface area contributed by atoms with Gasteiger partial charge in [0, 0.05) is 13.3 Å². The van der Waals surface area contributed by atoms with Gasteiger partial charge in [-0.1, -0.05) is 17.2 Å². The van der Waals surface area contributed by atoms with Crippen LogP contribution in [-0.2, 0) is 16.0 Å². The minimum Gasteiger partial charge on any atom is -0.472 e. The van der Waals surface area contributed by atoms with Gasteiger partial charge in [0.1, 0.15) is 6.10 Å². The van der Waals surface area contributed by atoms with Gasteiger partial charge < -0.3 is 9.15 Å². The molecule has 0 fully saturated rings. The van der Waals surface area contributed by atoms with Crippen LogP contribution in [0.5, 0.6) is 0 Å². The number of rotatable bonds is 7. The quantitative estimate of drug-likeness (QED) is 0.545. The third kappa shape index (κ3) is 6.98. The highest BCUT2D eigenvalue weighted by atomic mass is 16.5. The second-order valence-electron chi connectivity index (χ2n) is 5.32. The van der Waals surface area contributed by atoms with Gasteiger partial charge in [0.25, 0.3) is 0 Å². The molecular weight excluding hydrogens is 252 g/mol. The van der Waals surface area contributed by atoms with Crippen molar-refractivity contribution in [3.8, 4) is 0 Å². The van der Waals surface area contributed by atoms with Crippen LogP contribution in [0.15, 0.2) is 46.3 Å². The second-order valence-corrected chi connectivity index (χ2v) is 5.32. The van der Waals surface area contributed by atoms with Gasteiger partial charge in [-0.15, -0.1) is 0 Å². The summed E-state index contributed by atoms with van der Waals surface area (Å²) < 4.78 is 10.4. The van der Waals surface area contributed by atoms with E-state index < -0.39 is 0 Å². The first-order chi connectivity index (χ1) is 9.47. The van der Waals surface area contributed by atoms with Crippen LogP contribution in [-0.4, -0.2) is 12.1 Å². The maximum absolute atomic E-state index is 11.2. The van der Waals surface area contributed by atoms with Crippen LogP contribution in [0.25, 0.3) is 0 Å². The number of carbonyl (C=O) groups excluding carboxylic acids is 1. The van der Waals surface area contributed by atoms with Crippen molar-refractivity contribution in [3.63, 3.8) is 0 Å². The maximum Gasteiger partial charge on any atom is 0.303 e. The van der Waals surface area contributed by atoms with Crippen LogP contribution >= 0.6 is 0 Å². The summed E-state index contributed by atoms with van der Waals surface area (Å²) in [5.74, 6) is -0.258. The first kappa shape index (κ1) is 16.3. The van der Waals surface area contributed by atoms with Gasteiger partial charge in [0.2, 0.25) is 0 Å². The summed E-state index contributed by atoms with van der Waals surface area (Å²) in [7, 11) is 0. The Labute approximate surface area is 121 Å². The molecule has 0 aliphatic rings. The normalized spacial score (nSPS) is 12.9. The molecule has 0 unspecified atom stereocenters. The summed E-state index contributed by atoms with van der Waals surface area (Å²) in [5, 5.41) is 0. The highest BCUT2D eigenvalue weighted by molar-refractivity contribution is 5.66. The second kappa shape index (κ2) is 8.41. The van der Waals surface area contributed by atoms with Crippen LogP contribution in [0.1, 0.15) is 46.1 Å². The molecule has 0 aliphatic carbocycles. The van der Waals surface area contributed by atoms with Crippen molar-refractivity contribution in [1.29, 1.82) is 0 Å². The molecule has 0 spiro atoms. The molecule has 0 radical (unpaired) electrons. The molecule has 3 nitrogen and oxygen atoms in total. The van der Waals surface area contributed by atoms with Gasteiger partial charge in [-0.2, -0.15) is 0 Å². The van der Waals surface area contributed by atoms with E-state index in [-0.39, 0.29) is 12.1 Å². The molecule has 0 bridgehead atoms. The van der Waals surface area contributed by atoms with Gasteiger partial charge >= 0.3 is 5.97 Å². The highest BCUT2D eigenvalue weighted by Crippen LogP contribution is 2.13. The average Bonchev–Trinajstić information content (AvgIpc) is 2.80. The van der Waals surface area contributed by atoms with Crippen LogP contribution in [0.3, 0.4) is 0 Å². The fourth-order valence-corrected chi connectivity index (χ4v) is 1.98. The topological polar surface area (TPSA) is 39.4 Å². The summed E-state index contributed by atoms with van der Waals surface area (Å²) in [6.45, 7) is 7.71. The smallest absolute Gasteiger partial charge is 0.303 e. The molecule has 1 aromatic heterocycles. The van der Waals surface area contributed by atoms with Crippen molar-refractivity contribution >= 4 is 5.97 Å². The van der Waals surface area contributed by atoms with E-state index in [1.54, 1.807) is 12.5 Å². The molecule has 0 saturated carbocycles. The molecule has 20 heavy (non-hydrogen) atoms. The standard InChI is InChI=1S/C17H24O3/c1-13(2)6-5-7-14(3)10-17(20-15(4)18)11-16-8-9-19-12-16/h6,8-10,12,17H,5,7,11H2,1-4H3/t17-/m1/s1. The number of ether oxygens (including phenoxy) is 1. The molecule has 0 aromatic carbocycles. The SMILES string of the molecule is CC(=O)O[C@H](C=C(C)CCC=C(C)C)Cc1ccoc1. The van der Waals surface area contributed by atoms with E-state index in [9.17, 15) is 4.79 Å². The lowest BCUT2D eigenvalue weighted by molar-refractivity contribution is -0.144. The number of esters is 1. The Balaban J connectivity index is 2.62. The molecular formula is C17H24O3. The van der Waals surface area contributed by atoms with Crippen molar-refractivity contribution in [2.75, 3.05) is 0 Å². The van der Waals surface area contributed by atoms with E-state index in [1.165, 1.54) is 18.1 Å². The first-order valence-electron chi connectivity index (χ1n) is 6.96. The Morgan fingerprint density at radius 3 is 2.65 bits per heavy atom. The molecule has 1 atom stereocenters. The van der Waals surface area contributed by atoms with E-state index >= 15 is 0 Å². The fraction of sp³-hybridized carbons (Fsp3) is 0.471. The van der Waals surface area contributed by atoms with Crippen LogP contribution in [0, 0.1) is 0 Å². The van der Waals surface area contributed by atoms with Gasteiger partial charge in [0.05, 0.1) is 12.5 Å². The summed E-state index contributed by atoms with van der Waals surface area (Å²) in [6.07, 6.45) is 9.99. The Bertz CT molecular complexity index is 462. The summed E-state index contributed by atoms with van der Waals surface area (Å²) >= 11 is 0. The zero-order valence-electron chi connectivity index (χ0n) is 12.8. The molecule has 110 valence electrons. The highest BCUT2D eigenvalue weighted by Gasteiger charge is 2.11. The number of hydrogen-bond donors (Lipinski definition) is 0. The van der Waals surface area contributed by atoms with Crippen molar-refractivity contribution in [2.45, 2.75) is 53.1 Å². The predicted molar refractivity (Wildman–Crippen MR) is 80.4 cm³/mol. The first-order valence-corrected chi connectivity index (χ1v) is 6.96.